The SMILES string of the molecule is CC(C(=O)Nc1ccc(N2CCOCC2)cc1)N1C(=O)NC2(CCc3ccccc32)C1=O. The Bertz CT molecular complexity index is 1060. The molecule has 2 unspecified atom stereocenters. The Labute approximate surface area is 186 Å². The number of nitrogens with one attached hydrogen (secondary N) is 2. The first-order valence-corrected chi connectivity index (χ1v) is 11.0. The van der Waals surface area contributed by atoms with Crippen molar-refractivity contribution < 1.29 is 19.1 Å². The minimum atomic E-state index is -1.07. The van der Waals surface area contributed by atoms with Crippen LogP contribution in [-0.2, 0) is 26.3 Å². The fraction of sp³-hybridized carbons (Fsp3) is 0.375. The van der Waals surface area contributed by atoms with Gasteiger partial charge in [0.15, 0.2) is 0 Å². The van der Waals surface area contributed by atoms with Gasteiger partial charge in [-0.1, -0.05) is 24.3 Å². The highest BCUT2D eigenvalue weighted by Crippen LogP contribution is 2.41. The van der Waals surface area contributed by atoms with Crippen molar-refractivity contribution in [1.82, 2.24) is 10.2 Å². The smallest absolute Gasteiger partial charge is 0.326 e. The van der Waals surface area contributed by atoms with Crippen LogP contribution in [0, 0.1) is 0 Å². The average molecular weight is 434 g/mol. The lowest BCUT2D eigenvalue weighted by molar-refractivity contribution is -0.136. The normalized spacial score (nSPS) is 23.3. The molecule has 3 aliphatic rings. The second kappa shape index (κ2) is 7.94. The van der Waals surface area contributed by atoms with Crippen molar-refractivity contribution in [1.29, 1.82) is 0 Å². The number of carbonyl (C=O) groups excluding carboxylic acids is 3. The molecule has 32 heavy (non-hydrogen) atoms. The topological polar surface area (TPSA) is 91.0 Å². The van der Waals surface area contributed by atoms with Crippen molar-refractivity contribution in [3.63, 3.8) is 0 Å². The number of fused-ring (bicyclic) bond motifs is 2. The molecule has 5 rings (SSSR count). The second-order valence-corrected chi connectivity index (χ2v) is 8.48. The standard InChI is InChI=1S/C24H26N4O4/c1-16(21(29)25-18-6-8-19(9-7-18)27-12-14-32-15-13-27)28-22(30)24(26-23(28)31)11-10-17-4-2-3-5-20(17)24/h2-9,16H,10-15H2,1H3,(H,25,29)(H,26,31). The minimum Gasteiger partial charge on any atom is -0.378 e. The lowest BCUT2D eigenvalue weighted by atomic mass is 9.91. The van der Waals surface area contributed by atoms with Crippen LogP contribution in [0.15, 0.2) is 48.5 Å². The molecule has 8 heteroatoms. The number of ether oxygens (including phenoxy) is 1. The Morgan fingerprint density at radius 3 is 2.56 bits per heavy atom. The van der Waals surface area contributed by atoms with Gasteiger partial charge >= 0.3 is 6.03 Å². The van der Waals surface area contributed by atoms with Gasteiger partial charge in [-0.25, -0.2) is 9.69 Å². The summed E-state index contributed by atoms with van der Waals surface area (Å²) in [6, 6.07) is 13.7. The number of nitrogens with zero attached hydrogens (tertiary/aromatic N) is 2. The highest BCUT2D eigenvalue weighted by atomic mass is 16.5. The van der Waals surface area contributed by atoms with Crippen LogP contribution in [0.3, 0.4) is 0 Å². The van der Waals surface area contributed by atoms with E-state index in [1.807, 2.05) is 48.5 Å². The maximum Gasteiger partial charge on any atom is 0.326 e. The summed E-state index contributed by atoms with van der Waals surface area (Å²) in [5.74, 6) is -0.770. The van der Waals surface area contributed by atoms with Gasteiger partial charge in [-0.3, -0.25) is 9.59 Å². The van der Waals surface area contributed by atoms with Crippen molar-refractivity contribution in [2.24, 2.45) is 0 Å². The highest BCUT2D eigenvalue weighted by Gasteiger charge is 2.57. The summed E-state index contributed by atoms with van der Waals surface area (Å²) >= 11 is 0. The van der Waals surface area contributed by atoms with E-state index in [2.05, 4.69) is 15.5 Å². The van der Waals surface area contributed by atoms with Gasteiger partial charge in [0.25, 0.3) is 5.91 Å². The average Bonchev–Trinajstić information content (AvgIpc) is 3.31. The van der Waals surface area contributed by atoms with Gasteiger partial charge in [-0.05, 0) is 55.2 Å². The maximum absolute atomic E-state index is 13.4. The van der Waals surface area contributed by atoms with Gasteiger partial charge < -0.3 is 20.3 Å². The zero-order valence-corrected chi connectivity index (χ0v) is 18.0. The third-order valence-electron chi connectivity index (χ3n) is 6.65. The van der Waals surface area contributed by atoms with Crippen LogP contribution in [0.4, 0.5) is 16.2 Å². The number of carbonyl (C=O) groups is 3. The molecule has 1 aliphatic carbocycles. The van der Waals surface area contributed by atoms with Crippen molar-refractivity contribution in [2.75, 3.05) is 36.5 Å². The molecule has 2 aromatic carbocycles. The van der Waals surface area contributed by atoms with E-state index in [1.54, 1.807) is 6.92 Å². The quantitative estimate of drug-likeness (QED) is 0.721. The first-order valence-electron chi connectivity index (χ1n) is 11.0. The largest absolute Gasteiger partial charge is 0.378 e. The molecule has 2 aliphatic heterocycles. The van der Waals surface area contributed by atoms with Crippen molar-refractivity contribution >= 4 is 29.2 Å². The molecule has 2 heterocycles. The first kappa shape index (κ1) is 20.5. The van der Waals surface area contributed by atoms with Crippen molar-refractivity contribution in [3.05, 3.63) is 59.7 Å². The van der Waals surface area contributed by atoms with Gasteiger partial charge in [-0.2, -0.15) is 0 Å². The van der Waals surface area contributed by atoms with Crippen molar-refractivity contribution in [3.8, 4) is 0 Å². The summed E-state index contributed by atoms with van der Waals surface area (Å²) in [4.78, 5) is 42.3. The van der Waals surface area contributed by atoms with E-state index >= 15 is 0 Å². The molecule has 0 saturated carbocycles. The molecule has 2 N–H and O–H groups in total. The number of imide groups is 1. The van der Waals surface area contributed by atoms with Crippen LogP contribution in [0.2, 0.25) is 0 Å². The number of rotatable bonds is 4. The molecule has 8 nitrogen and oxygen atoms in total. The summed E-state index contributed by atoms with van der Waals surface area (Å²) in [6.07, 6.45) is 1.22. The molecule has 2 atom stereocenters. The summed E-state index contributed by atoms with van der Waals surface area (Å²) in [7, 11) is 0. The number of urea groups is 1. The fourth-order valence-electron chi connectivity index (χ4n) is 4.85. The Hall–Kier alpha value is -3.39. The molecule has 0 bridgehead atoms. The molecule has 2 fully saturated rings. The van der Waals surface area contributed by atoms with Gasteiger partial charge in [0, 0.05) is 24.5 Å². The number of anilines is 2. The molecule has 166 valence electrons. The molecule has 2 aromatic rings. The monoisotopic (exact) mass is 434 g/mol. The first-order chi connectivity index (χ1) is 15.5. The van der Waals surface area contributed by atoms with Gasteiger partial charge in [0.1, 0.15) is 11.6 Å². The Morgan fingerprint density at radius 2 is 1.81 bits per heavy atom. The fourth-order valence-corrected chi connectivity index (χ4v) is 4.85. The third kappa shape index (κ3) is 3.31. The number of aryl methyl sites for hydroxylation is 1. The van der Waals surface area contributed by atoms with E-state index in [0.29, 0.717) is 31.7 Å². The van der Waals surface area contributed by atoms with E-state index in [4.69, 9.17) is 4.74 Å². The molecular weight excluding hydrogens is 408 g/mol. The lowest BCUT2D eigenvalue weighted by Gasteiger charge is -2.29. The molecule has 1 spiro atoms. The lowest BCUT2D eigenvalue weighted by Crippen LogP contribution is -2.47. The van der Waals surface area contributed by atoms with E-state index in [1.165, 1.54) is 0 Å². The zero-order chi connectivity index (χ0) is 22.3. The predicted molar refractivity (Wildman–Crippen MR) is 119 cm³/mol. The second-order valence-electron chi connectivity index (χ2n) is 8.48. The van der Waals surface area contributed by atoms with E-state index < -0.39 is 23.5 Å². The number of benzene rings is 2. The van der Waals surface area contributed by atoms with Crippen LogP contribution >= 0.6 is 0 Å². The number of morpholine rings is 1. The van der Waals surface area contributed by atoms with Gasteiger partial charge in [0.2, 0.25) is 5.91 Å². The molecule has 0 radical (unpaired) electrons. The van der Waals surface area contributed by atoms with E-state index in [0.717, 1.165) is 34.8 Å². The van der Waals surface area contributed by atoms with Crippen LogP contribution in [0.1, 0.15) is 24.5 Å². The van der Waals surface area contributed by atoms with E-state index in [9.17, 15) is 14.4 Å². The molecule has 0 aromatic heterocycles. The summed E-state index contributed by atoms with van der Waals surface area (Å²) in [5.41, 5.74) is 2.50. The van der Waals surface area contributed by atoms with Gasteiger partial charge in [0.05, 0.1) is 13.2 Å². The van der Waals surface area contributed by atoms with Crippen molar-refractivity contribution in [2.45, 2.75) is 31.3 Å². The zero-order valence-electron chi connectivity index (χ0n) is 18.0. The Morgan fingerprint density at radius 1 is 1.09 bits per heavy atom. The van der Waals surface area contributed by atoms with Crippen LogP contribution in [0.25, 0.3) is 0 Å². The highest BCUT2D eigenvalue weighted by molar-refractivity contribution is 6.11. The van der Waals surface area contributed by atoms with E-state index in [-0.39, 0.29) is 5.91 Å². The third-order valence-corrected chi connectivity index (χ3v) is 6.65. The van der Waals surface area contributed by atoms with Crippen LogP contribution in [0.5, 0.6) is 0 Å². The number of hydrogen-bond donors (Lipinski definition) is 2. The molecule has 2 saturated heterocycles. The molecular formula is C24H26N4O4. The Balaban J connectivity index is 1.29. The number of hydrogen-bond acceptors (Lipinski definition) is 5. The Kier molecular flexibility index (Phi) is 5.09. The van der Waals surface area contributed by atoms with Crippen LogP contribution < -0.4 is 15.5 Å². The summed E-state index contributed by atoms with van der Waals surface area (Å²) in [6.45, 7) is 4.65. The predicted octanol–water partition coefficient (Wildman–Crippen LogP) is 2.24. The number of amides is 4. The summed E-state index contributed by atoms with van der Waals surface area (Å²) < 4.78 is 5.38. The van der Waals surface area contributed by atoms with Gasteiger partial charge in [-0.15, -0.1) is 0 Å². The maximum atomic E-state index is 13.4. The van der Waals surface area contributed by atoms with Crippen LogP contribution in [-0.4, -0.2) is 55.1 Å². The molecule has 4 amide bonds. The summed E-state index contributed by atoms with van der Waals surface area (Å²) in [5, 5.41) is 5.70. The minimum absolute atomic E-state index is 0.363.